The Morgan fingerprint density at radius 3 is 2.42 bits per heavy atom. The van der Waals surface area contributed by atoms with Gasteiger partial charge in [0.05, 0.1) is 12.5 Å². The third-order valence-electron chi connectivity index (χ3n) is 4.63. The molecule has 0 radical (unpaired) electrons. The number of likely N-dealkylation sites (tertiary alicyclic amines) is 1. The summed E-state index contributed by atoms with van der Waals surface area (Å²) in [6.45, 7) is 13.3. The van der Waals surface area contributed by atoms with Gasteiger partial charge < -0.3 is 4.74 Å². The highest BCUT2D eigenvalue weighted by Gasteiger charge is 2.32. The van der Waals surface area contributed by atoms with Gasteiger partial charge in [0.1, 0.15) is 5.60 Å². The summed E-state index contributed by atoms with van der Waals surface area (Å²) in [5.41, 5.74) is -0.484. The molecule has 1 heterocycles. The number of carbonyl (C=O) groups is 2. The number of Topliss-reactive ketones (excluding diaryl/α,β-unsaturated/α-hetero) is 1. The average molecular weight is 340 g/mol. The van der Waals surface area contributed by atoms with Gasteiger partial charge in [0.2, 0.25) is 0 Å². The zero-order valence-electron chi connectivity index (χ0n) is 16.6. The molecule has 0 bridgehead atoms. The molecule has 0 spiro atoms. The van der Waals surface area contributed by atoms with Crippen LogP contribution in [0.25, 0.3) is 0 Å². The van der Waals surface area contributed by atoms with Gasteiger partial charge in [-0.2, -0.15) is 0 Å². The Hall–Kier alpha value is -0.900. The summed E-state index contributed by atoms with van der Waals surface area (Å²) in [5, 5.41) is 0. The summed E-state index contributed by atoms with van der Waals surface area (Å²) < 4.78 is 5.31. The van der Waals surface area contributed by atoms with Crippen molar-refractivity contribution >= 4 is 11.8 Å². The lowest BCUT2D eigenvalue weighted by atomic mass is 9.91. The molecule has 1 fully saturated rings. The maximum atomic E-state index is 12.7. The van der Waals surface area contributed by atoms with Gasteiger partial charge in [0.25, 0.3) is 0 Å². The number of ketones is 1. The summed E-state index contributed by atoms with van der Waals surface area (Å²) in [5.74, 6) is 0.634. The highest BCUT2D eigenvalue weighted by molar-refractivity contribution is 5.87. The van der Waals surface area contributed by atoms with Crippen LogP contribution < -0.4 is 0 Å². The van der Waals surface area contributed by atoms with Gasteiger partial charge in [-0.15, -0.1) is 0 Å². The number of piperidine rings is 1. The number of ether oxygens (including phenoxy) is 1. The van der Waals surface area contributed by atoms with Gasteiger partial charge in [0, 0.05) is 12.5 Å². The molecule has 1 aliphatic heterocycles. The van der Waals surface area contributed by atoms with Crippen molar-refractivity contribution in [2.75, 3.05) is 6.54 Å². The van der Waals surface area contributed by atoms with E-state index in [1.54, 1.807) is 0 Å². The van der Waals surface area contributed by atoms with Crippen LogP contribution in [0.5, 0.6) is 0 Å². The zero-order valence-corrected chi connectivity index (χ0v) is 16.6. The van der Waals surface area contributed by atoms with Crippen LogP contribution in [-0.4, -0.2) is 40.9 Å². The lowest BCUT2D eigenvalue weighted by molar-refractivity contribution is -0.156. The maximum Gasteiger partial charge on any atom is 0.306 e. The van der Waals surface area contributed by atoms with Crippen LogP contribution in [0.2, 0.25) is 0 Å². The smallest absolute Gasteiger partial charge is 0.306 e. The van der Waals surface area contributed by atoms with Crippen molar-refractivity contribution in [2.24, 2.45) is 5.92 Å². The lowest BCUT2D eigenvalue weighted by Gasteiger charge is -2.40. The number of rotatable bonds is 8. The molecule has 1 aliphatic rings. The summed E-state index contributed by atoms with van der Waals surface area (Å²) in [6, 6.07) is 0.449. The van der Waals surface area contributed by atoms with E-state index < -0.39 is 5.60 Å². The Morgan fingerprint density at radius 1 is 1.17 bits per heavy atom. The van der Waals surface area contributed by atoms with E-state index >= 15 is 0 Å². The zero-order chi connectivity index (χ0) is 18.3. The molecule has 0 N–H and O–H groups in total. The van der Waals surface area contributed by atoms with E-state index in [9.17, 15) is 9.59 Å². The largest absolute Gasteiger partial charge is 0.460 e. The van der Waals surface area contributed by atoms with Crippen LogP contribution in [0.3, 0.4) is 0 Å². The molecule has 1 saturated heterocycles. The molecule has 0 saturated carbocycles. The maximum absolute atomic E-state index is 12.7. The molecule has 0 aromatic rings. The predicted octanol–water partition coefficient (Wildman–Crippen LogP) is 4.36. The fraction of sp³-hybridized carbons (Fsp3) is 0.900. The van der Waals surface area contributed by atoms with E-state index in [0.29, 0.717) is 18.4 Å². The van der Waals surface area contributed by atoms with Crippen LogP contribution in [-0.2, 0) is 14.3 Å². The third-order valence-corrected chi connectivity index (χ3v) is 4.63. The second-order valence-electron chi connectivity index (χ2n) is 8.62. The van der Waals surface area contributed by atoms with Crippen molar-refractivity contribution in [2.45, 2.75) is 104 Å². The number of carbonyl (C=O) groups excluding carboxylic acids is 2. The van der Waals surface area contributed by atoms with Crippen molar-refractivity contribution in [3.05, 3.63) is 0 Å². The fourth-order valence-electron chi connectivity index (χ4n) is 3.43. The first-order chi connectivity index (χ1) is 11.1. The van der Waals surface area contributed by atoms with Crippen LogP contribution in [0.4, 0.5) is 0 Å². The van der Waals surface area contributed by atoms with E-state index in [1.165, 1.54) is 6.42 Å². The quantitative estimate of drug-likeness (QED) is 0.617. The topological polar surface area (TPSA) is 46.6 Å². The number of hydrogen-bond donors (Lipinski definition) is 0. The van der Waals surface area contributed by atoms with Crippen LogP contribution in [0.15, 0.2) is 0 Å². The molecule has 140 valence electrons. The van der Waals surface area contributed by atoms with Crippen LogP contribution in [0.1, 0.15) is 86.5 Å². The van der Waals surface area contributed by atoms with Gasteiger partial charge >= 0.3 is 5.97 Å². The molecule has 0 aromatic carbocycles. The molecular formula is C20H37NO3. The van der Waals surface area contributed by atoms with Gasteiger partial charge in [0.15, 0.2) is 5.78 Å². The van der Waals surface area contributed by atoms with E-state index in [0.717, 1.165) is 32.2 Å². The summed E-state index contributed by atoms with van der Waals surface area (Å²) >= 11 is 0. The SMILES string of the molecule is CC(C)CCCN1C(C)CCCC1C(=O)CCC(=O)OC(C)(C)C. The third kappa shape index (κ3) is 7.78. The van der Waals surface area contributed by atoms with Crippen molar-refractivity contribution < 1.29 is 14.3 Å². The first kappa shape index (κ1) is 21.1. The molecule has 2 unspecified atom stereocenters. The normalized spacial score (nSPS) is 22.6. The Kier molecular flexibility index (Phi) is 8.41. The highest BCUT2D eigenvalue weighted by Crippen LogP contribution is 2.25. The summed E-state index contributed by atoms with van der Waals surface area (Å²) in [6.07, 6.45) is 6.02. The highest BCUT2D eigenvalue weighted by atomic mass is 16.6. The average Bonchev–Trinajstić information content (AvgIpc) is 2.44. The molecule has 4 nitrogen and oxygen atoms in total. The Labute approximate surface area is 148 Å². The molecule has 1 rings (SSSR count). The van der Waals surface area contributed by atoms with Crippen molar-refractivity contribution in [1.82, 2.24) is 4.90 Å². The predicted molar refractivity (Wildman–Crippen MR) is 98.0 cm³/mol. The monoisotopic (exact) mass is 339 g/mol. The van der Waals surface area contributed by atoms with Gasteiger partial charge in [-0.05, 0) is 72.3 Å². The summed E-state index contributed by atoms with van der Waals surface area (Å²) in [4.78, 5) is 26.9. The molecule has 24 heavy (non-hydrogen) atoms. The standard InChI is InChI=1S/C20H37NO3/c1-15(2)9-8-14-21-16(3)10-7-11-17(21)18(22)12-13-19(23)24-20(4,5)6/h15-17H,7-14H2,1-6H3. The second-order valence-corrected chi connectivity index (χ2v) is 8.62. The van der Waals surface area contributed by atoms with E-state index in [-0.39, 0.29) is 24.2 Å². The Bertz CT molecular complexity index is 412. The number of esters is 1. The lowest BCUT2D eigenvalue weighted by Crippen LogP contribution is -2.49. The Balaban J connectivity index is 2.53. The van der Waals surface area contributed by atoms with E-state index in [2.05, 4.69) is 25.7 Å². The van der Waals surface area contributed by atoms with Crippen molar-refractivity contribution in [1.29, 1.82) is 0 Å². The molecule has 4 heteroatoms. The first-order valence-electron chi connectivity index (χ1n) is 9.60. The minimum atomic E-state index is -0.484. The van der Waals surface area contributed by atoms with E-state index in [1.807, 2.05) is 20.8 Å². The van der Waals surface area contributed by atoms with Crippen molar-refractivity contribution in [3.8, 4) is 0 Å². The minimum Gasteiger partial charge on any atom is -0.460 e. The van der Waals surface area contributed by atoms with Gasteiger partial charge in [-0.25, -0.2) is 0 Å². The second kappa shape index (κ2) is 9.55. The summed E-state index contributed by atoms with van der Waals surface area (Å²) in [7, 11) is 0. The Morgan fingerprint density at radius 2 is 1.83 bits per heavy atom. The minimum absolute atomic E-state index is 0.0108. The number of hydrogen-bond acceptors (Lipinski definition) is 4. The van der Waals surface area contributed by atoms with Crippen molar-refractivity contribution in [3.63, 3.8) is 0 Å². The first-order valence-corrected chi connectivity index (χ1v) is 9.60. The van der Waals surface area contributed by atoms with E-state index in [4.69, 9.17) is 4.74 Å². The molecule has 0 aromatic heterocycles. The molecule has 0 amide bonds. The molecule has 2 atom stereocenters. The molecular weight excluding hydrogens is 302 g/mol. The van der Waals surface area contributed by atoms with Gasteiger partial charge in [-0.1, -0.05) is 13.8 Å². The van der Waals surface area contributed by atoms with Gasteiger partial charge in [-0.3, -0.25) is 14.5 Å². The van der Waals surface area contributed by atoms with Crippen LogP contribution in [0, 0.1) is 5.92 Å². The number of nitrogens with zero attached hydrogens (tertiary/aromatic N) is 1. The molecule has 0 aliphatic carbocycles. The fourth-order valence-corrected chi connectivity index (χ4v) is 3.43. The van der Waals surface area contributed by atoms with Crippen LogP contribution >= 0.6 is 0 Å².